The fourth-order valence-corrected chi connectivity index (χ4v) is 3.48. The molecule has 0 atom stereocenters. The van der Waals surface area contributed by atoms with Gasteiger partial charge in [0.25, 0.3) is 5.91 Å². The highest BCUT2D eigenvalue weighted by Crippen LogP contribution is 2.22. The number of halogens is 2. The van der Waals surface area contributed by atoms with Crippen LogP contribution in [-0.2, 0) is 16.3 Å². The van der Waals surface area contributed by atoms with Crippen LogP contribution in [0.5, 0.6) is 0 Å². The summed E-state index contributed by atoms with van der Waals surface area (Å²) in [6.45, 7) is 0.290. The number of benzene rings is 1. The summed E-state index contributed by atoms with van der Waals surface area (Å²) < 4.78 is 48.5. The van der Waals surface area contributed by atoms with Crippen molar-refractivity contribution in [1.29, 1.82) is 0 Å². The molecule has 0 fully saturated rings. The van der Waals surface area contributed by atoms with Gasteiger partial charge in [0, 0.05) is 6.54 Å². The van der Waals surface area contributed by atoms with E-state index in [2.05, 4.69) is 5.32 Å². The molecule has 0 radical (unpaired) electrons. The third kappa shape index (κ3) is 3.69. The summed E-state index contributed by atoms with van der Waals surface area (Å²) in [6.07, 6.45) is 0.582. The summed E-state index contributed by atoms with van der Waals surface area (Å²) in [5.41, 5.74) is 0.770. The van der Waals surface area contributed by atoms with E-state index in [-0.39, 0.29) is 5.56 Å². The lowest BCUT2D eigenvalue weighted by atomic mass is 10.2. The van der Waals surface area contributed by atoms with E-state index in [9.17, 15) is 22.0 Å². The molecule has 1 heterocycles. The Labute approximate surface area is 130 Å². The van der Waals surface area contributed by atoms with Crippen LogP contribution >= 0.6 is 11.3 Å². The number of amides is 1. The number of hydrogen-bond donors (Lipinski definition) is 1. The normalized spacial score (nSPS) is 11.6. The average molecular weight is 345 g/mol. The quantitative estimate of drug-likeness (QED) is 0.876. The standard InChI is InChI=1S/C14H13F2NO3S2/c15-14(16)22(19,20)12-4-2-1-3-11(12)13(18)17-7-5-10-6-8-21-9-10/h1-4,6,8-9,14H,5,7H2,(H,17,18). The fraction of sp³-hybridized carbons (Fsp3) is 0.214. The van der Waals surface area contributed by atoms with Crippen LogP contribution in [0.2, 0.25) is 0 Å². The van der Waals surface area contributed by atoms with Gasteiger partial charge in [-0.25, -0.2) is 8.42 Å². The van der Waals surface area contributed by atoms with Crippen molar-refractivity contribution in [1.82, 2.24) is 5.32 Å². The van der Waals surface area contributed by atoms with Crippen molar-refractivity contribution in [3.8, 4) is 0 Å². The maximum atomic E-state index is 12.7. The zero-order valence-corrected chi connectivity index (χ0v) is 13.0. The van der Waals surface area contributed by atoms with Gasteiger partial charge >= 0.3 is 5.76 Å². The molecule has 118 valence electrons. The first-order valence-corrected chi connectivity index (χ1v) is 8.82. The average Bonchev–Trinajstić information content (AvgIpc) is 3.00. The third-order valence-corrected chi connectivity index (χ3v) is 5.12. The van der Waals surface area contributed by atoms with Gasteiger partial charge in [0.1, 0.15) is 0 Å². The molecular weight excluding hydrogens is 332 g/mol. The Hall–Kier alpha value is -1.80. The van der Waals surface area contributed by atoms with Crippen LogP contribution in [0.15, 0.2) is 46.0 Å². The van der Waals surface area contributed by atoms with Crippen LogP contribution in [0.1, 0.15) is 15.9 Å². The Morgan fingerprint density at radius 1 is 1.23 bits per heavy atom. The lowest BCUT2D eigenvalue weighted by Gasteiger charge is -2.10. The first-order valence-electron chi connectivity index (χ1n) is 6.33. The summed E-state index contributed by atoms with van der Waals surface area (Å²) >= 11 is 1.53. The summed E-state index contributed by atoms with van der Waals surface area (Å²) in [4.78, 5) is 11.4. The van der Waals surface area contributed by atoms with E-state index >= 15 is 0 Å². The maximum Gasteiger partial charge on any atom is 0.341 e. The van der Waals surface area contributed by atoms with Crippen molar-refractivity contribution in [2.24, 2.45) is 0 Å². The van der Waals surface area contributed by atoms with Crippen molar-refractivity contribution in [2.45, 2.75) is 17.1 Å². The topological polar surface area (TPSA) is 63.2 Å². The van der Waals surface area contributed by atoms with Crippen LogP contribution < -0.4 is 5.32 Å². The molecule has 2 rings (SSSR count). The van der Waals surface area contributed by atoms with E-state index in [0.717, 1.165) is 11.6 Å². The number of sulfone groups is 1. The molecule has 0 saturated carbocycles. The molecule has 8 heteroatoms. The highest BCUT2D eigenvalue weighted by atomic mass is 32.2. The van der Waals surface area contributed by atoms with Crippen molar-refractivity contribution >= 4 is 27.1 Å². The monoisotopic (exact) mass is 345 g/mol. The third-order valence-electron chi connectivity index (χ3n) is 2.95. The van der Waals surface area contributed by atoms with Gasteiger partial charge in [-0.3, -0.25) is 4.79 Å². The maximum absolute atomic E-state index is 12.7. The SMILES string of the molecule is O=C(NCCc1ccsc1)c1ccccc1S(=O)(=O)C(F)F. The van der Waals surface area contributed by atoms with Gasteiger partial charge in [-0.1, -0.05) is 12.1 Å². The second-order valence-corrected chi connectivity index (χ2v) is 7.11. The smallest absolute Gasteiger partial charge is 0.341 e. The molecule has 0 aliphatic rings. The minimum atomic E-state index is -4.81. The van der Waals surface area contributed by atoms with Gasteiger partial charge in [0.2, 0.25) is 9.84 Å². The summed E-state index contributed by atoms with van der Waals surface area (Å²) in [6, 6.07) is 6.87. The number of hydrogen-bond acceptors (Lipinski definition) is 4. The first-order chi connectivity index (χ1) is 10.4. The number of carbonyl (C=O) groups excluding carboxylic acids is 1. The molecule has 1 aromatic carbocycles. The minimum absolute atomic E-state index is 0.270. The van der Waals surface area contributed by atoms with Crippen molar-refractivity contribution < 1.29 is 22.0 Å². The van der Waals surface area contributed by atoms with Crippen LogP contribution in [0, 0.1) is 0 Å². The van der Waals surface area contributed by atoms with E-state index in [4.69, 9.17) is 0 Å². The minimum Gasteiger partial charge on any atom is -0.352 e. The van der Waals surface area contributed by atoms with Crippen molar-refractivity contribution in [2.75, 3.05) is 6.54 Å². The molecule has 4 nitrogen and oxygen atoms in total. The Balaban J connectivity index is 2.13. The number of alkyl halides is 2. The Morgan fingerprint density at radius 2 is 1.95 bits per heavy atom. The second-order valence-electron chi connectivity index (χ2n) is 4.44. The van der Waals surface area contributed by atoms with Gasteiger partial charge in [-0.2, -0.15) is 20.1 Å². The summed E-state index contributed by atoms with van der Waals surface area (Å²) in [7, 11) is -4.81. The van der Waals surface area contributed by atoms with E-state index in [1.54, 1.807) is 0 Å². The lowest BCUT2D eigenvalue weighted by molar-refractivity contribution is 0.0950. The van der Waals surface area contributed by atoms with E-state index in [1.165, 1.54) is 29.5 Å². The zero-order chi connectivity index (χ0) is 16.2. The molecular formula is C14H13F2NO3S2. The van der Waals surface area contributed by atoms with Gasteiger partial charge in [-0.15, -0.1) is 0 Å². The van der Waals surface area contributed by atoms with Gasteiger partial charge in [0.05, 0.1) is 10.5 Å². The molecule has 1 aromatic heterocycles. The van der Waals surface area contributed by atoms with Crippen LogP contribution in [0.3, 0.4) is 0 Å². The van der Waals surface area contributed by atoms with Crippen LogP contribution in [0.25, 0.3) is 0 Å². The van der Waals surface area contributed by atoms with Gasteiger partial charge in [0.15, 0.2) is 0 Å². The number of nitrogens with one attached hydrogen (secondary N) is 1. The molecule has 1 amide bonds. The number of rotatable bonds is 6. The highest BCUT2D eigenvalue weighted by Gasteiger charge is 2.30. The van der Waals surface area contributed by atoms with Gasteiger partial charge in [-0.05, 0) is 40.9 Å². The number of thiophene rings is 1. The lowest BCUT2D eigenvalue weighted by Crippen LogP contribution is -2.28. The number of carbonyl (C=O) groups is 1. The molecule has 0 saturated heterocycles. The van der Waals surface area contributed by atoms with Gasteiger partial charge < -0.3 is 5.32 Å². The van der Waals surface area contributed by atoms with Crippen LogP contribution in [0.4, 0.5) is 8.78 Å². The first kappa shape index (κ1) is 16.6. The van der Waals surface area contributed by atoms with Crippen molar-refractivity contribution in [3.05, 3.63) is 52.2 Å². The fourth-order valence-electron chi connectivity index (χ4n) is 1.85. The molecule has 0 spiro atoms. The molecule has 0 aliphatic heterocycles. The predicted octanol–water partition coefficient (Wildman–Crippen LogP) is 2.72. The summed E-state index contributed by atoms with van der Waals surface area (Å²) in [5, 5.41) is 6.38. The zero-order valence-electron chi connectivity index (χ0n) is 11.3. The van der Waals surface area contributed by atoms with E-state index in [0.29, 0.717) is 13.0 Å². The molecule has 1 N–H and O–H groups in total. The predicted molar refractivity (Wildman–Crippen MR) is 80.0 cm³/mol. The van der Waals surface area contributed by atoms with Crippen LogP contribution in [-0.4, -0.2) is 26.6 Å². The summed E-state index contributed by atoms with van der Waals surface area (Å²) in [5.74, 6) is -4.25. The Kier molecular flexibility index (Phi) is 5.25. The molecule has 0 aliphatic carbocycles. The highest BCUT2D eigenvalue weighted by molar-refractivity contribution is 7.91. The molecule has 2 aromatic rings. The molecule has 0 unspecified atom stereocenters. The second kappa shape index (κ2) is 6.97. The Morgan fingerprint density at radius 3 is 2.59 bits per heavy atom. The largest absolute Gasteiger partial charge is 0.352 e. The van der Waals surface area contributed by atoms with Crippen molar-refractivity contribution in [3.63, 3.8) is 0 Å². The van der Waals surface area contributed by atoms with E-state index < -0.39 is 26.4 Å². The molecule has 22 heavy (non-hydrogen) atoms. The van der Waals surface area contributed by atoms with E-state index in [1.807, 2.05) is 16.8 Å². The molecule has 0 bridgehead atoms. The Bertz CT molecular complexity index is 743.